The van der Waals surface area contributed by atoms with Gasteiger partial charge in [-0.05, 0) is 12.1 Å². The van der Waals surface area contributed by atoms with E-state index in [1.54, 1.807) is 4.90 Å². The molecule has 0 unspecified atom stereocenters. The lowest BCUT2D eigenvalue weighted by Gasteiger charge is -2.35. The molecular formula is C12H14BrF3N2O. The molecular weight excluding hydrogens is 325 g/mol. The van der Waals surface area contributed by atoms with Crippen molar-refractivity contribution in [1.29, 1.82) is 0 Å². The van der Waals surface area contributed by atoms with E-state index in [9.17, 15) is 18.3 Å². The van der Waals surface area contributed by atoms with Gasteiger partial charge >= 0.3 is 0 Å². The number of nitrogens with zero attached hydrogens (tertiary/aromatic N) is 1. The fourth-order valence-corrected chi connectivity index (χ4v) is 2.82. The second-order valence-electron chi connectivity index (χ2n) is 4.36. The molecule has 2 rings (SSSR count). The highest BCUT2D eigenvalue weighted by molar-refractivity contribution is 9.10. The second kappa shape index (κ2) is 6.11. The molecule has 1 aromatic rings. The third-order valence-corrected chi connectivity index (χ3v) is 3.89. The van der Waals surface area contributed by atoms with Gasteiger partial charge in [-0.15, -0.1) is 0 Å². The summed E-state index contributed by atoms with van der Waals surface area (Å²) < 4.78 is 40.4. The molecule has 0 saturated carbocycles. The number of piperazine rings is 1. The Balaban J connectivity index is 2.41. The molecule has 0 aliphatic carbocycles. The van der Waals surface area contributed by atoms with E-state index < -0.39 is 24.0 Å². The zero-order valence-electron chi connectivity index (χ0n) is 10.0. The summed E-state index contributed by atoms with van der Waals surface area (Å²) in [6.45, 7) is 2.04. The molecule has 1 aliphatic heterocycles. The van der Waals surface area contributed by atoms with E-state index in [0.717, 1.165) is 6.07 Å². The van der Waals surface area contributed by atoms with Gasteiger partial charge in [0.1, 0.15) is 6.04 Å². The summed E-state index contributed by atoms with van der Waals surface area (Å²) in [5.41, 5.74) is -0.0862. The van der Waals surface area contributed by atoms with E-state index in [2.05, 4.69) is 21.2 Å². The summed E-state index contributed by atoms with van der Waals surface area (Å²) in [4.78, 5) is 1.56. The van der Waals surface area contributed by atoms with Crippen LogP contribution in [0.3, 0.4) is 0 Å². The minimum atomic E-state index is -2.71. The van der Waals surface area contributed by atoms with Gasteiger partial charge in [0.05, 0.1) is 0 Å². The molecule has 1 atom stereocenters. The number of hydrogen-bond donors (Lipinski definition) is 2. The zero-order chi connectivity index (χ0) is 14.0. The number of hydrogen-bond acceptors (Lipinski definition) is 3. The van der Waals surface area contributed by atoms with E-state index >= 15 is 0 Å². The van der Waals surface area contributed by atoms with Crippen molar-refractivity contribution in [1.82, 2.24) is 10.2 Å². The largest absolute Gasteiger partial charge is 0.505 e. The van der Waals surface area contributed by atoms with Crippen LogP contribution in [0, 0.1) is 5.82 Å². The van der Waals surface area contributed by atoms with E-state index in [1.807, 2.05) is 0 Å². The Labute approximate surface area is 117 Å². The van der Waals surface area contributed by atoms with Crippen molar-refractivity contribution in [3.63, 3.8) is 0 Å². The molecule has 0 bridgehead atoms. The standard InChI is InChI=1S/C12H14BrF3N2O/c13-7-1-2-8(14)11(19)9(7)10(12(15)16)18-5-3-17-4-6-18/h1-2,10,12,17,19H,3-6H2/t10-/m0/s1. The molecule has 19 heavy (non-hydrogen) atoms. The average molecular weight is 339 g/mol. The zero-order valence-corrected chi connectivity index (χ0v) is 11.6. The van der Waals surface area contributed by atoms with Crippen LogP contribution in [0.4, 0.5) is 13.2 Å². The van der Waals surface area contributed by atoms with Crippen LogP contribution in [0.2, 0.25) is 0 Å². The maximum Gasteiger partial charge on any atom is 0.258 e. The number of rotatable bonds is 3. The third kappa shape index (κ3) is 3.04. The SMILES string of the molecule is Oc1c(F)ccc(Br)c1[C@@H](C(F)F)N1CCNCC1. The Kier molecular flexibility index (Phi) is 4.70. The summed E-state index contributed by atoms with van der Waals surface area (Å²) in [5.74, 6) is -1.60. The lowest BCUT2D eigenvalue weighted by Crippen LogP contribution is -2.47. The average Bonchev–Trinajstić information content (AvgIpc) is 2.39. The highest BCUT2D eigenvalue weighted by Gasteiger charge is 2.34. The van der Waals surface area contributed by atoms with Crippen molar-refractivity contribution in [2.45, 2.75) is 12.5 Å². The predicted molar refractivity (Wildman–Crippen MR) is 69.0 cm³/mol. The predicted octanol–water partition coefficient (Wildman–Crippen LogP) is 2.51. The summed E-state index contributed by atoms with van der Waals surface area (Å²) in [5, 5.41) is 12.8. The van der Waals surface area contributed by atoms with Crippen LogP contribution < -0.4 is 5.32 Å². The van der Waals surface area contributed by atoms with Gasteiger partial charge in [0.2, 0.25) is 0 Å². The first kappa shape index (κ1) is 14.6. The van der Waals surface area contributed by atoms with Crippen molar-refractivity contribution >= 4 is 15.9 Å². The summed E-state index contributed by atoms with van der Waals surface area (Å²) in [7, 11) is 0. The molecule has 1 heterocycles. The molecule has 3 nitrogen and oxygen atoms in total. The topological polar surface area (TPSA) is 35.5 Å². The van der Waals surface area contributed by atoms with E-state index in [4.69, 9.17) is 0 Å². The number of phenolic OH excluding ortho intramolecular Hbond substituents is 1. The van der Waals surface area contributed by atoms with Gasteiger partial charge in [-0.3, -0.25) is 4.90 Å². The van der Waals surface area contributed by atoms with Crippen LogP contribution in [-0.2, 0) is 0 Å². The van der Waals surface area contributed by atoms with Gasteiger partial charge in [-0.2, -0.15) is 0 Å². The molecule has 2 N–H and O–H groups in total. The minimum absolute atomic E-state index is 0.0862. The molecule has 7 heteroatoms. The molecule has 0 aromatic heterocycles. The number of phenols is 1. The van der Waals surface area contributed by atoms with Crippen molar-refractivity contribution < 1.29 is 18.3 Å². The summed E-state index contributed by atoms with van der Waals surface area (Å²) in [6.07, 6.45) is -2.71. The Morgan fingerprint density at radius 2 is 1.89 bits per heavy atom. The molecule has 1 aromatic carbocycles. The fourth-order valence-electron chi connectivity index (χ4n) is 2.27. The molecule has 1 saturated heterocycles. The molecule has 1 fully saturated rings. The summed E-state index contributed by atoms with van der Waals surface area (Å²) in [6, 6.07) is 1.07. The van der Waals surface area contributed by atoms with E-state index in [0.29, 0.717) is 26.2 Å². The van der Waals surface area contributed by atoms with Crippen molar-refractivity contribution in [3.05, 3.63) is 28.0 Å². The van der Waals surface area contributed by atoms with Gasteiger partial charge in [0, 0.05) is 36.2 Å². The van der Waals surface area contributed by atoms with Crippen LogP contribution in [0.1, 0.15) is 11.6 Å². The molecule has 106 valence electrons. The first-order valence-electron chi connectivity index (χ1n) is 5.92. The van der Waals surface area contributed by atoms with Crippen molar-refractivity contribution in [3.8, 4) is 5.75 Å². The van der Waals surface area contributed by atoms with Gasteiger partial charge in [-0.25, -0.2) is 13.2 Å². The van der Waals surface area contributed by atoms with Gasteiger partial charge in [-0.1, -0.05) is 15.9 Å². The lowest BCUT2D eigenvalue weighted by molar-refractivity contribution is 0.0164. The van der Waals surface area contributed by atoms with Crippen LogP contribution >= 0.6 is 15.9 Å². The number of benzene rings is 1. The fraction of sp³-hybridized carbons (Fsp3) is 0.500. The number of aromatic hydroxyl groups is 1. The Morgan fingerprint density at radius 1 is 1.26 bits per heavy atom. The van der Waals surface area contributed by atoms with Crippen molar-refractivity contribution in [2.24, 2.45) is 0 Å². The molecule has 1 aliphatic rings. The summed E-state index contributed by atoms with van der Waals surface area (Å²) >= 11 is 3.11. The quantitative estimate of drug-likeness (QED) is 0.888. The maximum absolute atomic E-state index is 13.4. The second-order valence-corrected chi connectivity index (χ2v) is 5.21. The van der Waals surface area contributed by atoms with E-state index in [-0.39, 0.29) is 10.0 Å². The molecule has 0 amide bonds. The molecule has 0 spiro atoms. The monoisotopic (exact) mass is 338 g/mol. The lowest BCUT2D eigenvalue weighted by atomic mass is 10.0. The van der Waals surface area contributed by atoms with Crippen LogP contribution in [0.15, 0.2) is 16.6 Å². The Bertz CT molecular complexity index is 453. The van der Waals surface area contributed by atoms with Gasteiger partial charge < -0.3 is 10.4 Å². The first-order valence-corrected chi connectivity index (χ1v) is 6.71. The highest BCUT2D eigenvalue weighted by atomic mass is 79.9. The van der Waals surface area contributed by atoms with Crippen LogP contribution in [0.25, 0.3) is 0 Å². The Hall–Kier alpha value is -0.790. The highest BCUT2D eigenvalue weighted by Crippen LogP contribution is 2.39. The van der Waals surface area contributed by atoms with Crippen LogP contribution in [-0.4, -0.2) is 42.6 Å². The van der Waals surface area contributed by atoms with Gasteiger partial charge in [0.15, 0.2) is 11.6 Å². The smallest absolute Gasteiger partial charge is 0.258 e. The Morgan fingerprint density at radius 3 is 2.47 bits per heavy atom. The number of nitrogens with one attached hydrogen (secondary N) is 1. The normalized spacial score (nSPS) is 18.8. The molecule has 0 radical (unpaired) electrons. The van der Waals surface area contributed by atoms with E-state index in [1.165, 1.54) is 6.07 Å². The number of halogens is 4. The first-order chi connectivity index (χ1) is 9.02. The van der Waals surface area contributed by atoms with Gasteiger partial charge in [0.25, 0.3) is 6.43 Å². The van der Waals surface area contributed by atoms with Crippen molar-refractivity contribution in [2.75, 3.05) is 26.2 Å². The number of alkyl halides is 2. The third-order valence-electron chi connectivity index (χ3n) is 3.19. The maximum atomic E-state index is 13.4. The minimum Gasteiger partial charge on any atom is -0.505 e. The van der Waals surface area contributed by atoms with Crippen LogP contribution in [0.5, 0.6) is 5.75 Å².